The van der Waals surface area contributed by atoms with Crippen LogP contribution >= 0.6 is 11.3 Å². The molecule has 5 nitrogen and oxygen atoms in total. The molecule has 2 N–H and O–H groups in total. The molecule has 0 spiro atoms. The van der Waals surface area contributed by atoms with Gasteiger partial charge in [-0.25, -0.2) is 4.79 Å². The number of hydrogen-bond acceptors (Lipinski definition) is 4. The lowest BCUT2D eigenvalue weighted by molar-refractivity contribution is -0.117. The maximum absolute atomic E-state index is 12.2. The minimum atomic E-state index is -1.06. The maximum atomic E-state index is 12.2. The smallest absolute Gasteiger partial charge is 0.339 e. The van der Waals surface area contributed by atoms with Gasteiger partial charge in [-0.15, -0.1) is 0 Å². The molecule has 2 aromatic rings. The topological polar surface area (TPSA) is 75.6 Å². The number of carboxylic acid groups (broad SMARTS) is 1. The third-order valence-electron chi connectivity index (χ3n) is 3.80. The minimum absolute atomic E-state index is 0.0141. The van der Waals surface area contributed by atoms with Gasteiger partial charge in [0.05, 0.1) is 7.11 Å². The highest BCUT2D eigenvalue weighted by Crippen LogP contribution is 2.48. The van der Waals surface area contributed by atoms with Crippen molar-refractivity contribution < 1.29 is 19.4 Å². The zero-order valence-electron chi connectivity index (χ0n) is 11.9. The van der Waals surface area contributed by atoms with Gasteiger partial charge in [0.25, 0.3) is 0 Å². The monoisotopic (exact) mass is 317 g/mol. The van der Waals surface area contributed by atoms with Crippen molar-refractivity contribution in [2.24, 2.45) is 5.92 Å². The molecule has 1 aromatic carbocycles. The molecule has 2 atom stereocenters. The van der Waals surface area contributed by atoms with Crippen molar-refractivity contribution in [3.8, 4) is 5.75 Å². The van der Waals surface area contributed by atoms with Crippen LogP contribution in [0.25, 0.3) is 0 Å². The number of thiophene rings is 1. The van der Waals surface area contributed by atoms with Crippen LogP contribution in [0.4, 0.5) is 5.69 Å². The van der Waals surface area contributed by atoms with Gasteiger partial charge in [-0.3, -0.25) is 4.79 Å². The summed E-state index contributed by atoms with van der Waals surface area (Å²) in [6, 6.07) is 6.59. The average molecular weight is 317 g/mol. The van der Waals surface area contributed by atoms with Crippen LogP contribution in [0.5, 0.6) is 5.75 Å². The van der Waals surface area contributed by atoms with Crippen LogP contribution in [0, 0.1) is 5.92 Å². The van der Waals surface area contributed by atoms with Gasteiger partial charge in [0.15, 0.2) is 0 Å². The van der Waals surface area contributed by atoms with Crippen molar-refractivity contribution in [3.05, 3.63) is 46.2 Å². The second-order valence-electron chi connectivity index (χ2n) is 5.21. The summed E-state index contributed by atoms with van der Waals surface area (Å²) in [7, 11) is 1.40. The fourth-order valence-corrected chi connectivity index (χ4v) is 3.24. The Morgan fingerprint density at radius 3 is 2.82 bits per heavy atom. The first kappa shape index (κ1) is 14.6. The summed E-state index contributed by atoms with van der Waals surface area (Å²) in [6.07, 6.45) is 0.854. The van der Waals surface area contributed by atoms with Crippen molar-refractivity contribution in [1.29, 1.82) is 0 Å². The second-order valence-corrected chi connectivity index (χ2v) is 5.99. The lowest BCUT2D eigenvalue weighted by atomic mass is 10.1. The molecule has 0 radical (unpaired) electrons. The average Bonchev–Trinajstić information content (AvgIpc) is 3.13. The number of rotatable bonds is 5. The van der Waals surface area contributed by atoms with E-state index in [0.717, 1.165) is 6.42 Å². The zero-order chi connectivity index (χ0) is 15.7. The number of carboxylic acids is 1. The van der Waals surface area contributed by atoms with E-state index in [4.69, 9.17) is 9.84 Å². The Labute approximate surface area is 131 Å². The highest BCUT2D eigenvalue weighted by molar-refractivity contribution is 7.08. The summed E-state index contributed by atoms with van der Waals surface area (Å²) in [4.78, 5) is 23.3. The molecule has 1 aliphatic rings. The molecular weight excluding hydrogens is 302 g/mol. The lowest BCUT2D eigenvalue weighted by Gasteiger charge is -2.09. The van der Waals surface area contributed by atoms with Gasteiger partial charge >= 0.3 is 5.97 Å². The molecule has 114 valence electrons. The largest absolute Gasteiger partial charge is 0.496 e. The van der Waals surface area contributed by atoms with Crippen LogP contribution in [0.2, 0.25) is 0 Å². The van der Waals surface area contributed by atoms with Gasteiger partial charge < -0.3 is 15.2 Å². The fourth-order valence-electron chi connectivity index (χ4n) is 2.52. The van der Waals surface area contributed by atoms with Gasteiger partial charge in [0, 0.05) is 17.7 Å². The first-order chi connectivity index (χ1) is 10.6. The Morgan fingerprint density at radius 2 is 2.18 bits per heavy atom. The highest BCUT2D eigenvalue weighted by Gasteiger charge is 2.44. The molecule has 22 heavy (non-hydrogen) atoms. The number of aromatic carboxylic acids is 1. The van der Waals surface area contributed by atoms with Crippen LogP contribution in [0.1, 0.15) is 28.3 Å². The highest BCUT2D eigenvalue weighted by atomic mass is 32.1. The Hall–Kier alpha value is -2.34. The molecule has 1 heterocycles. The van der Waals surface area contributed by atoms with E-state index >= 15 is 0 Å². The summed E-state index contributed by atoms with van der Waals surface area (Å²) in [5.41, 5.74) is 1.83. The Balaban J connectivity index is 1.69. The van der Waals surface area contributed by atoms with Gasteiger partial charge in [0.1, 0.15) is 11.3 Å². The van der Waals surface area contributed by atoms with E-state index in [1.807, 2.05) is 11.4 Å². The van der Waals surface area contributed by atoms with Gasteiger partial charge in [-0.2, -0.15) is 11.3 Å². The molecule has 0 unspecified atom stereocenters. The number of hydrogen-bond donors (Lipinski definition) is 2. The summed E-state index contributed by atoms with van der Waals surface area (Å²) in [5, 5.41) is 16.0. The van der Waals surface area contributed by atoms with Gasteiger partial charge in [0.2, 0.25) is 5.91 Å². The molecule has 1 amide bonds. The summed E-state index contributed by atoms with van der Waals surface area (Å²) < 4.78 is 5.05. The zero-order valence-corrected chi connectivity index (χ0v) is 12.7. The number of nitrogens with one attached hydrogen (secondary N) is 1. The number of anilines is 1. The van der Waals surface area contributed by atoms with Crippen molar-refractivity contribution >= 4 is 28.9 Å². The first-order valence-electron chi connectivity index (χ1n) is 6.84. The standard InChI is InChI=1S/C16H15NO4S/c1-21-14-6-10(2-3-11(14)16(19)20)17-15(18)13-7-12(13)9-4-5-22-8-9/h2-6,8,12-13H,7H2,1H3,(H,17,18)(H,19,20)/t12-,13+/m0/s1. The lowest BCUT2D eigenvalue weighted by Crippen LogP contribution is -2.15. The number of benzene rings is 1. The third-order valence-corrected chi connectivity index (χ3v) is 4.50. The molecule has 1 saturated carbocycles. The normalized spacial score (nSPS) is 19.5. The molecule has 0 bridgehead atoms. The van der Waals surface area contributed by atoms with Crippen LogP contribution in [0.3, 0.4) is 0 Å². The second kappa shape index (κ2) is 5.81. The van der Waals surface area contributed by atoms with Crippen LogP contribution in [-0.2, 0) is 4.79 Å². The maximum Gasteiger partial charge on any atom is 0.339 e. The number of carbonyl (C=O) groups is 2. The van der Waals surface area contributed by atoms with E-state index in [1.54, 1.807) is 17.4 Å². The molecule has 1 fully saturated rings. The summed E-state index contributed by atoms with van der Waals surface area (Å²) in [6.45, 7) is 0. The molecule has 1 aromatic heterocycles. The van der Waals surface area contributed by atoms with Gasteiger partial charge in [-0.1, -0.05) is 0 Å². The van der Waals surface area contributed by atoms with E-state index in [1.165, 1.54) is 24.8 Å². The van der Waals surface area contributed by atoms with Crippen LogP contribution in [0.15, 0.2) is 35.0 Å². The van der Waals surface area contributed by atoms with E-state index in [0.29, 0.717) is 11.6 Å². The molecule has 0 saturated heterocycles. The van der Waals surface area contributed by atoms with E-state index in [-0.39, 0.29) is 23.1 Å². The molecule has 0 aliphatic heterocycles. The Kier molecular flexibility index (Phi) is 3.85. The SMILES string of the molecule is COc1cc(NC(=O)[C@@H]2C[C@H]2c2ccsc2)ccc1C(=O)O. The van der Waals surface area contributed by atoms with E-state index in [9.17, 15) is 9.59 Å². The number of carbonyl (C=O) groups excluding carboxylic acids is 1. The minimum Gasteiger partial charge on any atom is -0.496 e. The van der Waals surface area contributed by atoms with E-state index < -0.39 is 5.97 Å². The number of amides is 1. The predicted molar refractivity (Wildman–Crippen MR) is 83.8 cm³/mol. The Morgan fingerprint density at radius 1 is 1.36 bits per heavy atom. The number of methoxy groups -OCH3 is 1. The fraction of sp³-hybridized carbons (Fsp3) is 0.250. The van der Waals surface area contributed by atoms with Crippen LogP contribution in [-0.4, -0.2) is 24.1 Å². The summed E-state index contributed by atoms with van der Waals surface area (Å²) >= 11 is 1.63. The summed E-state index contributed by atoms with van der Waals surface area (Å²) in [5.74, 6) is -0.586. The Bertz CT molecular complexity index is 711. The van der Waals surface area contributed by atoms with Gasteiger partial charge in [-0.05, 0) is 46.9 Å². The van der Waals surface area contributed by atoms with Crippen molar-refractivity contribution in [2.45, 2.75) is 12.3 Å². The van der Waals surface area contributed by atoms with Crippen LogP contribution < -0.4 is 10.1 Å². The van der Waals surface area contributed by atoms with Crippen molar-refractivity contribution in [1.82, 2.24) is 0 Å². The number of ether oxygens (including phenoxy) is 1. The molecule has 1 aliphatic carbocycles. The molecule has 3 rings (SSSR count). The van der Waals surface area contributed by atoms with Crippen molar-refractivity contribution in [3.63, 3.8) is 0 Å². The molecular formula is C16H15NO4S. The first-order valence-corrected chi connectivity index (χ1v) is 7.78. The molecule has 6 heteroatoms. The quantitative estimate of drug-likeness (QED) is 0.888. The van der Waals surface area contributed by atoms with Crippen molar-refractivity contribution in [2.75, 3.05) is 12.4 Å². The third kappa shape index (κ3) is 2.82. The predicted octanol–water partition coefficient (Wildman–Crippen LogP) is 3.20. The van der Waals surface area contributed by atoms with E-state index in [2.05, 4.69) is 10.7 Å².